The molecule has 0 saturated heterocycles. The number of nitrogens with one attached hydrogen (secondary N) is 1. The van der Waals surface area contributed by atoms with Gasteiger partial charge in [-0.25, -0.2) is 9.18 Å². The molecule has 7 heteroatoms. The monoisotopic (exact) mass is 349 g/mol. The summed E-state index contributed by atoms with van der Waals surface area (Å²) in [5.41, 5.74) is 0.899. The van der Waals surface area contributed by atoms with Crippen LogP contribution < -0.4 is 5.32 Å². The summed E-state index contributed by atoms with van der Waals surface area (Å²) in [7, 11) is 0. The van der Waals surface area contributed by atoms with Gasteiger partial charge in [-0.2, -0.15) is 0 Å². The van der Waals surface area contributed by atoms with Crippen molar-refractivity contribution in [3.05, 3.63) is 65.5 Å². The molecule has 0 heterocycles. The van der Waals surface area contributed by atoms with Gasteiger partial charge in [0.1, 0.15) is 24.3 Å². The van der Waals surface area contributed by atoms with Crippen LogP contribution in [0.15, 0.2) is 48.5 Å². The maximum atomic E-state index is 13.2. The van der Waals surface area contributed by atoms with Crippen molar-refractivity contribution < 1.29 is 29.2 Å². The molecule has 25 heavy (non-hydrogen) atoms. The van der Waals surface area contributed by atoms with Crippen LogP contribution in [-0.4, -0.2) is 34.1 Å². The predicted octanol–water partition coefficient (Wildman–Crippen LogP) is 2.24. The highest BCUT2D eigenvalue weighted by Crippen LogP contribution is 2.23. The van der Waals surface area contributed by atoms with Gasteiger partial charge in [0.2, 0.25) is 0 Å². The number of ether oxygens (including phenoxy) is 1. The maximum Gasteiger partial charge on any atom is 0.407 e. The van der Waals surface area contributed by atoms with E-state index in [0.29, 0.717) is 0 Å². The summed E-state index contributed by atoms with van der Waals surface area (Å²) in [5, 5.41) is 31.7. The molecule has 0 saturated carbocycles. The maximum absolute atomic E-state index is 13.2. The Morgan fingerprint density at radius 1 is 1.16 bits per heavy atom. The van der Waals surface area contributed by atoms with Crippen molar-refractivity contribution >= 4 is 6.09 Å². The Bertz CT molecular complexity index is 675. The first-order chi connectivity index (χ1) is 12.0. The van der Waals surface area contributed by atoms with Gasteiger partial charge in [0.05, 0.1) is 6.10 Å². The van der Waals surface area contributed by atoms with Gasteiger partial charge in [-0.05, 0) is 29.7 Å². The third-order valence-corrected chi connectivity index (χ3v) is 3.53. The van der Waals surface area contributed by atoms with Gasteiger partial charge in [0.15, 0.2) is 0 Å². The van der Waals surface area contributed by atoms with Crippen LogP contribution in [0.3, 0.4) is 0 Å². The average Bonchev–Trinajstić information content (AvgIpc) is 2.59. The van der Waals surface area contributed by atoms with Crippen molar-refractivity contribution in [2.45, 2.75) is 25.2 Å². The van der Waals surface area contributed by atoms with Crippen LogP contribution in [0.4, 0.5) is 9.18 Å². The molecule has 0 aliphatic carbocycles. The number of aliphatic hydroxyl groups is 2. The Balaban J connectivity index is 1.73. The van der Waals surface area contributed by atoms with Crippen LogP contribution >= 0.6 is 0 Å². The zero-order valence-electron chi connectivity index (χ0n) is 13.4. The van der Waals surface area contributed by atoms with Crippen molar-refractivity contribution in [3.63, 3.8) is 0 Å². The van der Waals surface area contributed by atoms with E-state index in [2.05, 4.69) is 5.32 Å². The lowest BCUT2D eigenvalue weighted by Gasteiger charge is -2.18. The number of alkyl carbamates (subject to hydrolysis) is 1. The quantitative estimate of drug-likeness (QED) is 0.614. The van der Waals surface area contributed by atoms with Crippen LogP contribution in [0.25, 0.3) is 0 Å². The van der Waals surface area contributed by atoms with Crippen LogP contribution in [-0.2, 0) is 11.3 Å². The zero-order chi connectivity index (χ0) is 18.2. The molecule has 2 rings (SSSR count). The molecule has 134 valence electrons. The minimum absolute atomic E-state index is 0.0267. The summed E-state index contributed by atoms with van der Waals surface area (Å²) in [6, 6.07) is 12.2. The third kappa shape index (κ3) is 6.06. The van der Waals surface area contributed by atoms with E-state index in [-0.39, 0.29) is 30.9 Å². The van der Waals surface area contributed by atoms with E-state index in [9.17, 15) is 24.5 Å². The van der Waals surface area contributed by atoms with E-state index in [1.165, 1.54) is 6.07 Å². The Labute approximate surface area is 144 Å². The number of halogens is 1. The van der Waals surface area contributed by atoms with Gasteiger partial charge in [0, 0.05) is 12.6 Å². The predicted molar refractivity (Wildman–Crippen MR) is 88.3 cm³/mol. The van der Waals surface area contributed by atoms with Crippen molar-refractivity contribution in [1.82, 2.24) is 5.32 Å². The van der Waals surface area contributed by atoms with E-state index in [1.54, 1.807) is 0 Å². The SMILES string of the molecule is O=C(NCCC(O)C(O)c1cc(O)cc(F)c1)OCc1ccccc1. The second kappa shape index (κ2) is 9.00. The standard InChI is InChI=1S/C18H20FNO5/c19-14-8-13(9-15(21)10-14)17(23)16(22)6-7-20-18(24)25-11-12-4-2-1-3-5-12/h1-5,8-10,16-17,21-23H,6-7,11H2,(H,20,24). The Hall–Kier alpha value is -2.64. The van der Waals surface area contributed by atoms with Crippen LogP contribution in [0, 0.1) is 5.82 Å². The molecular formula is C18H20FNO5. The van der Waals surface area contributed by atoms with E-state index in [1.807, 2.05) is 30.3 Å². The van der Waals surface area contributed by atoms with Crippen LogP contribution in [0.5, 0.6) is 5.75 Å². The second-order valence-electron chi connectivity index (χ2n) is 5.53. The van der Waals surface area contributed by atoms with Crippen molar-refractivity contribution in [1.29, 1.82) is 0 Å². The van der Waals surface area contributed by atoms with Gasteiger partial charge in [-0.3, -0.25) is 0 Å². The number of aliphatic hydroxyl groups excluding tert-OH is 2. The Morgan fingerprint density at radius 2 is 1.88 bits per heavy atom. The van der Waals surface area contributed by atoms with Gasteiger partial charge < -0.3 is 25.4 Å². The molecule has 0 radical (unpaired) electrons. The third-order valence-electron chi connectivity index (χ3n) is 3.53. The number of benzene rings is 2. The number of phenolic OH excluding ortho intramolecular Hbond substituents is 1. The normalized spacial score (nSPS) is 13.1. The number of carbonyl (C=O) groups is 1. The summed E-state index contributed by atoms with van der Waals surface area (Å²) >= 11 is 0. The van der Waals surface area contributed by atoms with Crippen molar-refractivity contribution in [2.75, 3.05) is 6.54 Å². The summed E-state index contributed by atoms with van der Waals surface area (Å²) < 4.78 is 18.2. The highest BCUT2D eigenvalue weighted by atomic mass is 19.1. The Morgan fingerprint density at radius 3 is 2.56 bits per heavy atom. The first-order valence-corrected chi connectivity index (χ1v) is 7.76. The molecule has 1 amide bonds. The van der Waals surface area contributed by atoms with E-state index >= 15 is 0 Å². The fourth-order valence-corrected chi connectivity index (χ4v) is 2.24. The average molecular weight is 349 g/mol. The molecule has 0 aliphatic heterocycles. The number of phenols is 1. The number of hydrogen-bond acceptors (Lipinski definition) is 5. The first-order valence-electron chi connectivity index (χ1n) is 7.76. The largest absolute Gasteiger partial charge is 0.508 e. The molecule has 2 aromatic carbocycles. The van der Waals surface area contributed by atoms with Gasteiger partial charge >= 0.3 is 6.09 Å². The summed E-state index contributed by atoms with van der Waals surface area (Å²) in [6.07, 6.45) is -3.24. The highest BCUT2D eigenvalue weighted by molar-refractivity contribution is 5.67. The van der Waals surface area contributed by atoms with Crippen molar-refractivity contribution in [3.8, 4) is 5.75 Å². The minimum Gasteiger partial charge on any atom is -0.508 e. The summed E-state index contributed by atoms with van der Waals surface area (Å²) in [4.78, 5) is 11.6. The lowest BCUT2D eigenvalue weighted by atomic mass is 10.0. The van der Waals surface area contributed by atoms with E-state index in [4.69, 9.17) is 4.74 Å². The first kappa shape index (κ1) is 18.7. The molecule has 0 spiro atoms. The molecule has 6 nitrogen and oxygen atoms in total. The van der Waals surface area contributed by atoms with Crippen LogP contribution in [0.2, 0.25) is 0 Å². The number of rotatable bonds is 7. The van der Waals surface area contributed by atoms with Gasteiger partial charge in [-0.1, -0.05) is 30.3 Å². The zero-order valence-corrected chi connectivity index (χ0v) is 13.4. The second-order valence-corrected chi connectivity index (χ2v) is 5.53. The molecule has 0 aliphatic rings. The smallest absolute Gasteiger partial charge is 0.407 e. The van der Waals surface area contributed by atoms with E-state index < -0.39 is 24.1 Å². The van der Waals surface area contributed by atoms with Gasteiger partial charge in [0.25, 0.3) is 0 Å². The molecule has 0 fully saturated rings. The lowest BCUT2D eigenvalue weighted by molar-refractivity contribution is 0.0134. The fraction of sp³-hybridized carbons (Fsp3) is 0.278. The fourth-order valence-electron chi connectivity index (χ4n) is 2.24. The molecule has 0 aromatic heterocycles. The highest BCUT2D eigenvalue weighted by Gasteiger charge is 2.19. The van der Waals surface area contributed by atoms with E-state index in [0.717, 1.165) is 17.7 Å². The van der Waals surface area contributed by atoms with Crippen LogP contribution in [0.1, 0.15) is 23.7 Å². The minimum atomic E-state index is -1.39. The Kier molecular flexibility index (Phi) is 6.73. The number of amides is 1. The molecular weight excluding hydrogens is 329 g/mol. The molecule has 0 bridgehead atoms. The lowest BCUT2D eigenvalue weighted by Crippen LogP contribution is -2.29. The number of carbonyl (C=O) groups excluding carboxylic acids is 1. The van der Waals surface area contributed by atoms with Crippen molar-refractivity contribution in [2.24, 2.45) is 0 Å². The molecule has 2 unspecified atom stereocenters. The molecule has 4 N–H and O–H groups in total. The summed E-state index contributed by atoms with van der Waals surface area (Å²) in [6.45, 7) is 0.188. The molecule has 2 atom stereocenters. The number of aromatic hydroxyl groups is 1. The summed E-state index contributed by atoms with van der Waals surface area (Å²) in [5.74, 6) is -1.06. The topological polar surface area (TPSA) is 99.0 Å². The molecule has 2 aromatic rings. The number of hydrogen-bond donors (Lipinski definition) is 4. The van der Waals surface area contributed by atoms with Gasteiger partial charge in [-0.15, -0.1) is 0 Å².